The molecular formula is C24H39NO6. The van der Waals surface area contributed by atoms with Gasteiger partial charge in [-0.2, -0.15) is 0 Å². The summed E-state index contributed by atoms with van der Waals surface area (Å²) >= 11 is 0. The van der Waals surface area contributed by atoms with E-state index in [1.54, 1.807) is 21.3 Å². The van der Waals surface area contributed by atoms with Gasteiger partial charge in [-0.1, -0.05) is 6.92 Å². The van der Waals surface area contributed by atoms with Gasteiger partial charge in [0.15, 0.2) is 0 Å². The summed E-state index contributed by atoms with van der Waals surface area (Å²) in [7, 11) is 5.24. The molecule has 7 bridgehead atoms. The van der Waals surface area contributed by atoms with Crippen LogP contribution in [0.25, 0.3) is 0 Å². The lowest BCUT2D eigenvalue weighted by Gasteiger charge is -2.68. The van der Waals surface area contributed by atoms with E-state index in [-0.39, 0.29) is 58.7 Å². The Kier molecular flexibility index (Phi) is 4.56. The van der Waals surface area contributed by atoms with E-state index in [9.17, 15) is 15.3 Å². The minimum absolute atomic E-state index is 0.0248. The molecule has 6 aliphatic rings. The fourth-order valence-electron chi connectivity index (χ4n) is 10.7. The third-order valence-corrected chi connectivity index (χ3v) is 11.1. The van der Waals surface area contributed by atoms with Crippen molar-refractivity contribution in [3.8, 4) is 0 Å². The molecule has 2 unspecified atom stereocenters. The predicted octanol–water partition coefficient (Wildman–Crippen LogP) is 0.502. The number of piperidine rings is 1. The summed E-state index contributed by atoms with van der Waals surface area (Å²) in [6, 6.07) is 0.0561. The molecule has 31 heavy (non-hydrogen) atoms. The smallest absolute Gasteiger partial charge is 0.0796 e. The second-order valence-electron chi connectivity index (χ2n) is 11.6. The van der Waals surface area contributed by atoms with Crippen molar-refractivity contribution in [2.24, 2.45) is 40.4 Å². The molecule has 5 aliphatic carbocycles. The zero-order chi connectivity index (χ0) is 21.9. The zero-order valence-electron chi connectivity index (χ0n) is 19.2. The number of ether oxygens (including phenoxy) is 3. The van der Waals surface area contributed by atoms with Gasteiger partial charge in [0.1, 0.15) is 0 Å². The number of rotatable bonds is 5. The van der Waals surface area contributed by atoms with Gasteiger partial charge in [0, 0.05) is 74.8 Å². The predicted molar refractivity (Wildman–Crippen MR) is 112 cm³/mol. The topological polar surface area (TPSA) is 91.6 Å². The van der Waals surface area contributed by atoms with Crippen LogP contribution in [0.4, 0.5) is 0 Å². The number of hydrogen-bond acceptors (Lipinski definition) is 7. The monoisotopic (exact) mass is 437 g/mol. The largest absolute Gasteiger partial charge is 0.392 e. The Morgan fingerprint density at radius 1 is 1.10 bits per heavy atom. The zero-order valence-corrected chi connectivity index (χ0v) is 19.2. The SMILES string of the molecule is CCN1C[C@]2(COC)CC[C@H](O)[C@]34C1[C@H]([C@H](OC)[C@H]23)[C@@]1(O)C[C@H](OC)[C@H]2C[C@@H]4C1[C@H]2O. The summed E-state index contributed by atoms with van der Waals surface area (Å²) in [4.78, 5) is 2.52. The Morgan fingerprint density at radius 2 is 1.87 bits per heavy atom. The summed E-state index contributed by atoms with van der Waals surface area (Å²) in [6.07, 6.45) is 1.65. The maximum atomic E-state index is 12.5. The van der Waals surface area contributed by atoms with E-state index in [2.05, 4.69) is 11.8 Å². The van der Waals surface area contributed by atoms with Crippen molar-refractivity contribution in [3.63, 3.8) is 0 Å². The lowest BCUT2D eigenvalue weighted by Crippen LogP contribution is -2.76. The number of aliphatic hydroxyl groups is 3. The van der Waals surface area contributed by atoms with Gasteiger partial charge in [-0.25, -0.2) is 0 Å². The molecule has 1 aliphatic heterocycles. The average Bonchev–Trinajstić information content (AvgIpc) is 3.16. The highest BCUT2D eigenvalue weighted by molar-refractivity contribution is 5.35. The van der Waals surface area contributed by atoms with Crippen molar-refractivity contribution >= 4 is 0 Å². The Labute approximate surface area is 185 Å². The van der Waals surface area contributed by atoms with Crippen LogP contribution in [0.1, 0.15) is 32.6 Å². The molecule has 0 aromatic rings. The van der Waals surface area contributed by atoms with Crippen LogP contribution in [0.5, 0.6) is 0 Å². The molecule has 7 heteroatoms. The standard InChI is InChI=1S/C24H39NO6/c1-5-25-10-22(11-29-2)7-6-15(26)24-13-8-12-14(30-3)9-23(28,16(13)18(12)27)17(21(24)25)19(31-4)20(22)24/h12-21,26-28H,5-11H2,1-4H3/t12-,13-,14+,15+,16?,17+,18+,19+,20-,21?,22+,23-,24+/m1/s1. The first-order valence-corrected chi connectivity index (χ1v) is 12.2. The fourth-order valence-corrected chi connectivity index (χ4v) is 10.7. The summed E-state index contributed by atoms with van der Waals surface area (Å²) in [5, 5.41) is 35.7. The van der Waals surface area contributed by atoms with E-state index in [1.165, 1.54) is 0 Å². The van der Waals surface area contributed by atoms with E-state index < -0.39 is 17.8 Å². The highest BCUT2D eigenvalue weighted by atomic mass is 16.5. The lowest BCUT2D eigenvalue weighted by molar-refractivity contribution is -0.272. The minimum Gasteiger partial charge on any atom is -0.392 e. The molecule has 0 radical (unpaired) electrons. The molecule has 13 atom stereocenters. The molecule has 0 aromatic heterocycles. The van der Waals surface area contributed by atoms with Crippen molar-refractivity contribution in [2.45, 2.75) is 68.7 Å². The third-order valence-electron chi connectivity index (χ3n) is 11.1. The number of nitrogens with zero attached hydrogens (tertiary/aromatic N) is 1. The number of hydrogen-bond donors (Lipinski definition) is 3. The highest BCUT2D eigenvalue weighted by Gasteiger charge is 2.86. The summed E-state index contributed by atoms with van der Waals surface area (Å²) in [6.45, 7) is 4.63. The van der Waals surface area contributed by atoms with Gasteiger partial charge < -0.3 is 29.5 Å². The quantitative estimate of drug-likeness (QED) is 0.577. The van der Waals surface area contributed by atoms with E-state index in [0.717, 1.165) is 32.4 Å². The Bertz CT molecular complexity index is 752. The molecule has 7 nitrogen and oxygen atoms in total. The first-order chi connectivity index (χ1) is 14.9. The number of fused-ring (bicyclic) bond motifs is 2. The highest BCUT2D eigenvalue weighted by Crippen LogP contribution is 2.79. The Morgan fingerprint density at radius 3 is 2.52 bits per heavy atom. The van der Waals surface area contributed by atoms with Crippen LogP contribution >= 0.6 is 0 Å². The van der Waals surface area contributed by atoms with Crippen molar-refractivity contribution in [3.05, 3.63) is 0 Å². The van der Waals surface area contributed by atoms with Gasteiger partial charge in [-0.3, -0.25) is 4.90 Å². The molecule has 0 aromatic carbocycles. The van der Waals surface area contributed by atoms with E-state index in [1.807, 2.05) is 0 Å². The fraction of sp³-hybridized carbons (Fsp3) is 1.00. The van der Waals surface area contributed by atoms with Crippen molar-refractivity contribution < 1.29 is 29.5 Å². The second kappa shape index (κ2) is 6.65. The van der Waals surface area contributed by atoms with Gasteiger partial charge in [0.05, 0.1) is 36.6 Å². The minimum atomic E-state index is -1.05. The summed E-state index contributed by atoms with van der Waals surface area (Å²) in [5.74, 6) is -0.168. The Balaban J connectivity index is 1.62. The van der Waals surface area contributed by atoms with Crippen LogP contribution < -0.4 is 0 Å². The van der Waals surface area contributed by atoms with E-state index in [4.69, 9.17) is 14.2 Å². The molecule has 6 fully saturated rings. The number of aliphatic hydroxyl groups excluding tert-OH is 2. The molecule has 1 heterocycles. The average molecular weight is 438 g/mol. The maximum absolute atomic E-state index is 12.5. The Hall–Kier alpha value is -0.280. The molecule has 3 N–H and O–H groups in total. The van der Waals surface area contributed by atoms with Crippen LogP contribution in [0, 0.1) is 40.4 Å². The molecule has 6 rings (SSSR count). The van der Waals surface area contributed by atoms with Gasteiger partial charge in [-0.05, 0) is 31.7 Å². The first kappa shape index (κ1) is 21.3. The normalized spacial score (nSPS) is 61.6. The van der Waals surface area contributed by atoms with Gasteiger partial charge >= 0.3 is 0 Å². The lowest BCUT2D eigenvalue weighted by atomic mass is 9.43. The van der Waals surface area contributed by atoms with Crippen LogP contribution in [0.3, 0.4) is 0 Å². The van der Waals surface area contributed by atoms with Crippen LogP contribution in [-0.4, -0.2) is 97.3 Å². The van der Waals surface area contributed by atoms with Crippen LogP contribution in [0.15, 0.2) is 0 Å². The van der Waals surface area contributed by atoms with Crippen LogP contribution in [-0.2, 0) is 14.2 Å². The third kappa shape index (κ3) is 2.12. The second-order valence-corrected chi connectivity index (χ2v) is 11.6. The van der Waals surface area contributed by atoms with Gasteiger partial charge in [-0.15, -0.1) is 0 Å². The maximum Gasteiger partial charge on any atom is 0.0796 e. The van der Waals surface area contributed by atoms with E-state index >= 15 is 0 Å². The molecule has 0 amide bonds. The van der Waals surface area contributed by atoms with E-state index in [0.29, 0.717) is 13.0 Å². The molecule has 1 spiro atoms. The number of methoxy groups -OCH3 is 3. The molecule has 176 valence electrons. The van der Waals surface area contributed by atoms with Crippen molar-refractivity contribution in [1.29, 1.82) is 0 Å². The summed E-state index contributed by atoms with van der Waals surface area (Å²) < 4.78 is 18.0. The number of likely N-dealkylation sites (tertiary alicyclic amines) is 1. The van der Waals surface area contributed by atoms with Gasteiger partial charge in [0.2, 0.25) is 0 Å². The van der Waals surface area contributed by atoms with Gasteiger partial charge in [0.25, 0.3) is 0 Å². The van der Waals surface area contributed by atoms with Crippen molar-refractivity contribution in [1.82, 2.24) is 4.90 Å². The summed E-state index contributed by atoms with van der Waals surface area (Å²) in [5.41, 5.74) is -1.54. The van der Waals surface area contributed by atoms with Crippen LogP contribution in [0.2, 0.25) is 0 Å². The molecular weight excluding hydrogens is 398 g/mol. The molecule has 5 saturated carbocycles. The first-order valence-electron chi connectivity index (χ1n) is 12.2. The molecule has 1 saturated heterocycles. The van der Waals surface area contributed by atoms with Crippen molar-refractivity contribution in [2.75, 3.05) is 41.0 Å².